The summed E-state index contributed by atoms with van der Waals surface area (Å²) < 4.78 is 29.1. The third-order valence-corrected chi connectivity index (χ3v) is 7.82. The molecule has 3 aromatic heterocycles. The quantitative estimate of drug-likeness (QED) is 0.331. The van der Waals surface area contributed by atoms with Crippen LogP contribution in [-0.4, -0.2) is 60.8 Å². The summed E-state index contributed by atoms with van der Waals surface area (Å²) in [6.07, 6.45) is 3.93. The van der Waals surface area contributed by atoms with Crippen LogP contribution in [0.5, 0.6) is 0 Å². The fourth-order valence-corrected chi connectivity index (χ4v) is 5.76. The lowest BCUT2D eigenvalue weighted by molar-refractivity contribution is 0.101. The zero-order valence-corrected chi connectivity index (χ0v) is 22.3. The van der Waals surface area contributed by atoms with Crippen molar-refractivity contribution in [3.63, 3.8) is 0 Å². The Bertz CT molecular complexity index is 1580. The molecule has 3 atom stereocenters. The summed E-state index contributed by atoms with van der Waals surface area (Å²) in [6, 6.07) is 10.1. The van der Waals surface area contributed by atoms with Crippen molar-refractivity contribution in [3.8, 4) is 6.07 Å². The molecule has 39 heavy (non-hydrogen) atoms. The predicted octanol–water partition coefficient (Wildman–Crippen LogP) is 4.37. The van der Waals surface area contributed by atoms with E-state index in [2.05, 4.69) is 57.8 Å². The Morgan fingerprint density at radius 3 is 2.51 bits per heavy atom. The molecule has 1 fully saturated rings. The van der Waals surface area contributed by atoms with Crippen LogP contribution in [0.3, 0.4) is 0 Å². The molecule has 1 aliphatic heterocycles. The van der Waals surface area contributed by atoms with Crippen LogP contribution in [0.25, 0.3) is 22.1 Å². The minimum Gasteiger partial charge on any atom is -0.364 e. The van der Waals surface area contributed by atoms with Gasteiger partial charge in [0.25, 0.3) is 12.0 Å². The number of alkyl halides is 2. The monoisotopic (exact) mass is 534 g/mol. The minimum absolute atomic E-state index is 0.0345. The van der Waals surface area contributed by atoms with Crippen LogP contribution in [0.4, 0.5) is 14.5 Å². The smallest absolute Gasteiger partial charge is 0.256 e. The predicted molar refractivity (Wildman–Crippen MR) is 146 cm³/mol. The number of hydrogen-bond donors (Lipinski definition) is 0. The Kier molecular flexibility index (Phi) is 7.57. The number of aromatic nitrogens is 5. The second kappa shape index (κ2) is 11.1. The van der Waals surface area contributed by atoms with Gasteiger partial charge in [-0.1, -0.05) is 19.9 Å². The van der Waals surface area contributed by atoms with Gasteiger partial charge in [0.15, 0.2) is 0 Å². The largest absolute Gasteiger partial charge is 0.364 e. The molecule has 1 saturated heterocycles. The molecule has 0 bridgehead atoms. The molecular formula is C28H32F2N8O. The Balaban J connectivity index is 1.52. The molecule has 4 aromatic rings. The molecule has 0 saturated carbocycles. The number of pyridine rings is 1. The molecule has 9 nitrogen and oxygen atoms in total. The fourth-order valence-electron chi connectivity index (χ4n) is 5.76. The van der Waals surface area contributed by atoms with E-state index in [0.29, 0.717) is 23.3 Å². The first kappa shape index (κ1) is 26.7. The van der Waals surface area contributed by atoms with E-state index in [4.69, 9.17) is 0 Å². The summed E-state index contributed by atoms with van der Waals surface area (Å²) in [7, 11) is 0. The summed E-state index contributed by atoms with van der Waals surface area (Å²) >= 11 is 0. The second-order valence-electron chi connectivity index (χ2n) is 10.0. The minimum atomic E-state index is -2.69. The third kappa shape index (κ3) is 5.08. The van der Waals surface area contributed by atoms with Gasteiger partial charge in [-0.25, -0.2) is 8.78 Å². The average Bonchev–Trinajstić information content (AvgIpc) is 3.37. The van der Waals surface area contributed by atoms with E-state index in [1.165, 1.54) is 16.9 Å². The van der Waals surface area contributed by atoms with E-state index in [9.17, 15) is 18.8 Å². The number of nitriles is 1. The van der Waals surface area contributed by atoms with E-state index < -0.39 is 18.5 Å². The fraction of sp³-hybridized carbons (Fsp3) is 0.464. The summed E-state index contributed by atoms with van der Waals surface area (Å²) in [4.78, 5) is 26.7. The maximum Gasteiger partial charge on any atom is 0.256 e. The molecule has 0 radical (unpaired) electrons. The molecule has 0 amide bonds. The van der Waals surface area contributed by atoms with Crippen LogP contribution < -0.4 is 10.5 Å². The van der Waals surface area contributed by atoms with Gasteiger partial charge in [0, 0.05) is 49.7 Å². The van der Waals surface area contributed by atoms with Crippen LogP contribution >= 0.6 is 0 Å². The lowest BCUT2D eigenvalue weighted by atomic mass is 9.96. The number of benzene rings is 1. The molecule has 0 spiro atoms. The first-order valence-electron chi connectivity index (χ1n) is 13.3. The van der Waals surface area contributed by atoms with E-state index in [-0.39, 0.29) is 24.7 Å². The second-order valence-corrected chi connectivity index (χ2v) is 10.0. The number of piperazine rings is 1. The number of fused-ring (bicyclic) bond motifs is 2. The van der Waals surface area contributed by atoms with E-state index in [1.54, 1.807) is 12.4 Å². The van der Waals surface area contributed by atoms with Gasteiger partial charge in [-0.3, -0.25) is 28.9 Å². The van der Waals surface area contributed by atoms with Crippen molar-refractivity contribution >= 4 is 27.8 Å². The number of nitrogens with zero attached hydrogens (tertiary/aromatic N) is 8. The molecular weight excluding hydrogens is 502 g/mol. The SMILES string of the molecule is CC[C@H]1CN(C(C)c2ccc3nccnc3c2)[C@H](CC)CN1c1cc(=O)n(CC(F)F)c2cn(CC#N)nc12. The Morgan fingerprint density at radius 1 is 1.08 bits per heavy atom. The average molecular weight is 535 g/mol. The molecule has 0 aliphatic carbocycles. The van der Waals surface area contributed by atoms with E-state index in [0.717, 1.165) is 40.6 Å². The van der Waals surface area contributed by atoms with Gasteiger partial charge in [0.2, 0.25) is 0 Å². The highest BCUT2D eigenvalue weighted by Gasteiger charge is 2.36. The molecule has 1 unspecified atom stereocenters. The van der Waals surface area contributed by atoms with Crippen molar-refractivity contribution < 1.29 is 8.78 Å². The van der Waals surface area contributed by atoms with Gasteiger partial charge < -0.3 is 4.90 Å². The van der Waals surface area contributed by atoms with E-state index in [1.807, 2.05) is 12.1 Å². The topological polar surface area (TPSA) is 95.9 Å². The van der Waals surface area contributed by atoms with Crippen LogP contribution in [-0.2, 0) is 13.1 Å². The highest BCUT2D eigenvalue weighted by molar-refractivity contribution is 5.88. The van der Waals surface area contributed by atoms with Gasteiger partial charge in [-0.15, -0.1) is 0 Å². The summed E-state index contributed by atoms with van der Waals surface area (Å²) in [5.41, 5.74) is 3.81. The van der Waals surface area contributed by atoms with Crippen molar-refractivity contribution in [2.75, 3.05) is 18.0 Å². The first-order valence-corrected chi connectivity index (χ1v) is 13.3. The summed E-state index contributed by atoms with van der Waals surface area (Å²) in [6.45, 7) is 7.13. The van der Waals surface area contributed by atoms with Crippen LogP contribution in [0.15, 0.2) is 47.7 Å². The van der Waals surface area contributed by atoms with Gasteiger partial charge in [0.1, 0.15) is 12.1 Å². The molecule has 1 aromatic carbocycles. The lowest BCUT2D eigenvalue weighted by Gasteiger charge is -2.49. The summed E-state index contributed by atoms with van der Waals surface area (Å²) in [5.74, 6) is 0. The van der Waals surface area contributed by atoms with Gasteiger partial charge in [-0.05, 0) is 37.5 Å². The molecule has 1 aliphatic rings. The molecule has 4 heterocycles. The Hall–Kier alpha value is -3.91. The molecule has 204 valence electrons. The molecule has 0 N–H and O–H groups in total. The van der Waals surface area contributed by atoms with Crippen LogP contribution in [0.2, 0.25) is 0 Å². The molecule has 11 heteroatoms. The maximum absolute atomic E-state index is 13.3. The normalized spacial score (nSPS) is 19.2. The van der Waals surface area contributed by atoms with Crippen LogP contribution in [0, 0.1) is 11.3 Å². The highest BCUT2D eigenvalue weighted by atomic mass is 19.3. The number of rotatable bonds is 8. The summed E-state index contributed by atoms with van der Waals surface area (Å²) in [5, 5.41) is 13.7. The standard InChI is InChI=1S/C28H32F2N8O/c1-4-20-15-37(24-13-27(39)38(17-26(29)30)25-16-35(11-8-31)34-28(24)25)21(5-2)14-36(20)18(3)19-6-7-22-23(12-19)33-10-9-32-22/h6-7,9-10,12-13,16,18,20-21,26H,4-5,11,14-15,17H2,1-3H3/t18?,20-,21+/m1/s1. The van der Waals surface area contributed by atoms with Crippen molar-refractivity contribution in [2.24, 2.45) is 0 Å². The maximum atomic E-state index is 13.3. The van der Waals surface area contributed by atoms with Gasteiger partial charge in [-0.2, -0.15) is 10.4 Å². The third-order valence-electron chi connectivity index (χ3n) is 7.82. The van der Waals surface area contributed by atoms with Crippen molar-refractivity contribution in [1.82, 2.24) is 29.2 Å². The first-order chi connectivity index (χ1) is 18.8. The van der Waals surface area contributed by atoms with Gasteiger partial charge >= 0.3 is 0 Å². The Labute approximate surface area is 225 Å². The van der Waals surface area contributed by atoms with Crippen molar-refractivity contribution in [1.29, 1.82) is 5.26 Å². The van der Waals surface area contributed by atoms with Crippen molar-refractivity contribution in [2.45, 2.75) is 71.3 Å². The zero-order valence-electron chi connectivity index (χ0n) is 22.3. The number of halogens is 2. The highest BCUT2D eigenvalue weighted by Crippen LogP contribution is 2.35. The van der Waals surface area contributed by atoms with Crippen LogP contribution in [0.1, 0.15) is 45.2 Å². The number of anilines is 1. The van der Waals surface area contributed by atoms with E-state index >= 15 is 0 Å². The number of hydrogen-bond acceptors (Lipinski definition) is 7. The van der Waals surface area contributed by atoms with Gasteiger partial charge in [0.05, 0.1) is 41.0 Å². The Morgan fingerprint density at radius 2 is 1.82 bits per heavy atom. The molecule has 5 rings (SSSR count). The lowest BCUT2D eigenvalue weighted by Crippen LogP contribution is -2.58. The van der Waals surface area contributed by atoms with Crippen molar-refractivity contribution in [3.05, 3.63) is 58.8 Å². The zero-order chi connectivity index (χ0) is 27.7.